The summed E-state index contributed by atoms with van der Waals surface area (Å²) < 4.78 is 12.9. The summed E-state index contributed by atoms with van der Waals surface area (Å²) >= 11 is 0. The largest absolute Gasteiger partial charge is 0.493 e. The lowest BCUT2D eigenvalue weighted by Gasteiger charge is -2.16. The van der Waals surface area contributed by atoms with Crippen LogP contribution in [0.5, 0.6) is 5.75 Å². The minimum Gasteiger partial charge on any atom is -0.493 e. The third-order valence-corrected chi connectivity index (χ3v) is 3.37. The standard InChI is InChI=1S/C18H23NO3/c1-4-21-18(20)17-11-10-15(19(17)14(2)3)12-13-22-16-8-6-5-7-9-16/h5-11,14H,4,12-13H2,1-3H3. The molecule has 0 spiro atoms. The second-order valence-corrected chi connectivity index (χ2v) is 5.31. The molecule has 0 aliphatic carbocycles. The summed E-state index contributed by atoms with van der Waals surface area (Å²) in [5.41, 5.74) is 1.68. The van der Waals surface area contributed by atoms with E-state index in [1.54, 1.807) is 0 Å². The molecule has 4 heteroatoms. The SMILES string of the molecule is CCOC(=O)c1ccc(CCOc2ccccc2)n1C(C)C. The zero-order chi connectivity index (χ0) is 15.9. The van der Waals surface area contributed by atoms with Crippen molar-refractivity contribution in [3.63, 3.8) is 0 Å². The van der Waals surface area contributed by atoms with Crippen molar-refractivity contribution in [2.24, 2.45) is 0 Å². The summed E-state index contributed by atoms with van der Waals surface area (Å²) in [6, 6.07) is 13.7. The van der Waals surface area contributed by atoms with Crippen LogP contribution in [0, 0.1) is 0 Å². The molecule has 2 rings (SSSR count). The molecule has 0 saturated heterocycles. The van der Waals surface area contributed by atoms with E-state index in [4.69, 9.17) is 9.47 Å². The highest BCUT2D eigenvalue weighted by Gasteiger charge is 2.17. The number of aromatic nitrogens is 1. The van der Waals surface area contributed by atoms with E-state index in [9.17, 15) is 4.79 Å². The van der Waals surface area contributed by atoms with Gasteiger partial charge in [-0.3, -0.25) is 0 Å². The molecule has 0 fully saturated rings. The van der Waals surface area contributed by atoms with Crippen LogP contribution in [0.15, 0.2) is 42.5 Å². The number of carbonyl (C=O) groups is 1. The van der Waals surface area contributed by atoms with Gasteiger partial charge in [0.1, 0.15) is 11.4 Å². The van der Waals surface area contributed by atoms with Crippen LogP contribution in [0.3, 0.4) is 0 Å². The van der Waals surface area contributed by atoms with Gasteiger partial charge >= 0.3 is 5.97 Å². The normalized spacial score (nSPS) is 10.7. The molecule has 1 heterocycles. The molecule has 0 N–H and O–H groups in total. The van der Waals surface area contributed by atoms with E-state index in [0.717, 1.165) is 17.9 Å². The van der Waals surface area contributed by atoms with Crippen molar-refractivity contribution < 1.29 is 14.3 Å². The average Bonchev–Trinajstić information content (AvgIpc) is 2.93. The van der Waals surface area contributed by atoms with Gasteiger partial charge in [0.15, 0.2) is 0 Å². The van der Waals surface area contributed by atoms with E-state index < -0.39 is 0 Å². The van der Waals surface area contributed by atoms with E-state index in [1.807, 2.05) is 54.0 Å². The summed E-state index contributed by atoms with van der Waals surface area (Å²) in [4.78, 5) is 12.0. The van der Waals surface area contributed by atoms with Gasteiger partial charge in [-0.2, -0.15) is 0 Å². The minimum atomic E-state index is -0.272. The molecule has 0 atom stereocenters. The van der Waals surface area contributed by atoms with Crippen molar-refractivity contribution in [1.29, 1.82) is 0 Å². The Hall–Kier alpha value is -2.23. The van der Waals surface area contributed by atoms with E-state index in [0.29, 0.717) is 18.9 Å². The number of nitrogens with zero attached hydrogens (tertiary/aromatic N) is 1. The van der Waals surface area contributed by atoms with Gasteiger partial charge in [0.25, 0.3) is 0 Å². The highest BCUT2D eigenvalue weighted by molar-refractivity contribution is 5.88. The molecule has 0 unspecified atom stereocenters. The molecule has 0 radical (unpaired) electrons. The molecular weight excluding hydrogens is 278 g/mol. The Kier molecular flexibility index (Phi) is 5.64. The lowest BCUT2D eigenvalue weighted by Crippen LogP contribution is -2.17. The van der Waals surface area contributed by atoms with E-state index in [2.05, 4.69) is 13.8 Å². The Morgan fingerprint density at radius 3 is 2.50 bits per heavy atom. The Labute approximate surface area is 131 Å². The molecule has 0 aliphatic heterocycles. The highest BCUT2D eigenvalue weighted by Crippen LogP contribution is 2.18. The van der Waals surface area contributed by atoms with Crippen LogP contribution < -0.4 is 4.74 Å². The monoisotopic (exact) mass is 301 g/mol. The fourth-order valence-electron chi connectivity index (χ4n) is 2.47. The molecule has 0 amide bonds. The smallest absolute Gasteiger partial charge is 0.354 e. The van der Waals surface area contributed by atoms with Crippen LogP contribution in [0.2, 0.25) is 0 Å². The minimum absolute atomic E-state index is 0.195. The van der Waals surface area contributed by atoms with Crippen LogP contribution >= 0.6 is 0 Å². The Morgan fingerprint density at radius 2 is 1.86 bits per heavy atom. The van der Waals surface area contributed by atoms with Gasteiger partial charge in [0.2, 0.25) is 0 Å². The maximum atomic E-state index is 12.0. The van der Waals surface area contributed by atoms with Gasteiger partial charge in [-0.25, -0.2) is 4.79 Å². The van der Waals surface area contributed by atoms with Crippen LogP contribution in [0.25, 0.3) is 0 Å². The topological polar surface area (TPSA) is 40.5 Å². The number of ether oxygens (including phenoxy) is 2. The van der Waals surface area contributed by atoms with Crippen molar-refractivity contribution in [3.8, 4) is 5.75 Å². The first-order valence-electron chi connectivity index (χ1n) is 7.68. The number of benzene rings is 1. The second kappa shape index (κ2) is 7.69. The van der Waals surface area contributed by atoms with E-state index in [1.165, 1.54) is 0 Å². The van der Waals surface area contributed by atoms with Gasteiger partial charge in [0.05, 0.1) is 13.2 Å². The molecular formula is C18H23NO3. The number of para-hydroxylation sites is 1. The van der Waals surface area contributed by atoms with Gasteiger partial charge in [0, 0.05) is 18.2 Å². The summed E-state index contributed by atoms with van der Waals surface area (Å²) in [6.07, 6.45) is 0.743. The Morgan fingerprint density at radius 1 is 1.14 bits per heavy atom. The van der Waals surface area contributed by atoms with E-state index >= 15 is 0 Å². The molecule has 2 aromatic rings. The maximum absolute atomic E-state index is 12.0. The number of esters is 1. The van der Waals surface area contributed by atoms with Gasteiger partial charge in [-0.05, 0) is 45.0 Å². The lowest BCUT2D eigenvalue weighted by molar-refractivity contribution is 0.0511. The first kappa shape index (κ1) is 16.1. The van der Waals surface area contributed by atoms with Gasteiger partial charge in [-0.15, -0.1) is 0 Å². The molecule has 118 valence electrons. The average molecular weight is 301 g/mol. The maximum Gasteiger partial charge on any atom is 0.354 e. The van der Waals surface area contributed by atoms with Crippen molar-refractivity contribution in [2.75, 3.05) is 13.2 Å². The van der Waals surface area contributed by atoms with E-state index in [-0.39, 0.29) is 12.0 Å². The number of rotatable bonds is 7. The van der Waals surface area contributed by atoms with Crippen LogP contribution in [-0.2, 0) is 11.2 Å². The number of hydrogen-bond donors (Lipinski definition) is 0. The first-order valence-corrected chi connectivity index (χ1v) is 7.68. The fraction of sp³-hybridized carbons (Fsp3) is 0.389. The van der Waals surface area contributed by atoms with Crippen LogP contribution in [0.4, 0.5) is 0 Å². The molecule has 1 aromatic carbocycles. The third kappa shape index (κ3) is 3.91. The summed E-state index contributed by atoms with van der Waals surface area (Å²) in [6.45, 7) is 6.89. The molecule has 0 aliphatic rings. The quantitative estimate of drug-likeness (QED) is 0.729. The van der Waals surface area contributed by atoms with Crippen LogP contribution in [-0.4, -0.2) is 23.8 Å². The summed E-state index contributed by atoms with van der Waals surface area (Å²) in [5, 5.41) is 0. The first-order chi connectivity index (χ1) is 10.6. The summed E-state index contributed by atoms with van der Waals surface area (Å²) in [7, 11) is 0. The molecule has 0 saturated carbocycles. The zero-order valence-electron chi connectivity index (χ0n) is 13.4. The van der Waals surface area contributed by atoms with Gasteiger partial charge < -0.3 is 14.0 Å². The zero-order valence-corrected chi connectivity index (χ0v) is 13.4. The molecule has 0 bridgehead atoms. The van der Waals surface area contributed by atoms with Gasteiger partial charge in [-0.1, -0.05) is 18.2 Å². The Balaban J connectivity index is 2.06. The Bertz CT molecular complexity index is 602. The van der Waals surface area contributed by atoms with Crippen molar-refractivity contribution in [1.82, 2.24) is 4.57 Å². The molecule has 4 nitrogen and oxygen atoms in total. The second-order valence-electron chi connectivity index (χ2n) is 5.31. The predicted molar refractivity (Wildman–Crippen MR) is 86.4 cm³/mol. The van der Waals surface area contributed by atoms with Crippen molar-refractivity contribution >= 4 is 5.97 Å². The predicted octanol–water partition coefficient (Wildman–Crippen LogP) is 3.87. The van der Waals surface area contributed by atoms with Crippen LogP contribution in [0.1, 0.15) is 43.0 Å². The lowest BCUT2D eigenvalue weighted by atomic mass is 10.3. The number of hydrogen-bond acceptors (Lipinski definition) is 3. The fourth-order valence-corrected chi connectivity index (χ4v) is 2.47. The molecule has 22 heavy (non-hydrogen) atoms. The number of carbonyl (C=O) groups excluding carboxylic acids is 1. The molecule has 1 aromatic heterocycles. The van der Waals surface area contributed by atoms with Crippen molar-refractivity contribution in [2.45, 2.75) is 33.2 Å². The summed E-state index contributed by atoms with van der Waals surface area (Å²) in [5.74, 6) is 0.585. The highest BCUT2D eigenvalue weighted by atomic mass is 16.5. The third-order valence-electron chi connectivity index (χ3n) is 3.37. The van der Waals surface area contributed by atoms with Crippen molar-refractivity contribution in [3.05, 3.63) is 53.9 Å².